The van der Waals surface area contributed by atoms with E-state index in [9.17, 15) is 14.4 Å². The monoisotopic (exact) mass is 609 g/mol. The van der Waals surface area contributed by atoms with E-state index >= 15 is 0 Å². The van der Waals surface area contributed by atoms with Crippen molar-refractivity contribution in [3.05, 3.63) is 107 Å². The number of carbonyl (C=O) groups excluding carboxylic acids is 3. The van der Waals surface area contributed by atoms with E-state index < -0.39 is 23.8 Å². The maximum absolute atomic E-state index is 14.6. The van der Waals surface area contributed by atoms with Crippen molar-refractivity contribution < 1.29 is 19.1 Å². The summed E-state index contributed by atoms with van der Waals surface area (Å²) in [5, 5.41) is 5.87. The maximum Gasteiger partial charge on any atom is 0.408 e. The van der Waals surface area contributed by atoms with E-state index in [0.29, 0.717) is 30.6 Å². The van der Waals surface area contributed by atoms with Gasteiger partial charge in [0.15, 0.2) is 0 Å². The lowest BCUT2D eigenvalue weighted by Gasteiger charge is -2.35. The number of terminal acetylenes is 1. The number of unbranched alkanes of at least 4 members (excludes halogenated alkanes) is 4. The number of carbonyl (C=O) groups is 3. The predicted molar refractivity (Wildman–Crippen MR) is 179 cm³/mol. The Labute approximate surface area is 268 Å². The van der Waals surface area contributed by atoms with Crippen molar-refractivity contribution in [3.8, 4) is 12.3 Å². The van der Waals surface area contributed by atoms with Gasteiger partial charge in [-0.25, -0.2) is 4.79 Å². The molecular formula is C38H47N3O4. The van der Waals surface area contributed by atoms with Gasteiger partial charge >= 0.3 is 6.09 Å². The van der Waals surface area contributed by atoms with Gasteiger partial charge in [0.1, 0.15) is 17.7 Å². The molecule has 0 bridgehead atoms. The summed E-state index contributed by atoms with van der Waals surface area (Å²) >= 11 is 0. The first-order valence-electron chi connectivity index (χ1n) is 15.8. The summed E-state index contributed by atoms with van der Waals surface area (Å²) in [6.07, 6.45) is 10.0. The van der Waals surface area contributed by atoms with E-state index in [1.165, 1.54) is 0 Å². The predicted octanol–water partition coefficient (Wildman–Crippen LogP) is 6.96. The molecule has 238 valence electrons. The van der Waals surface area contributed by atoms with Crippen LogP contribution in [-0.2, 0) is 27.3 Å². The fourth-order valence-corrected chi connectivity index (χ4v) is 5.07. The van der Waals surface area contributed by atoms with Crippen LogP contribution in [0, 0.1) is 12.3 Å². The number of benzene rings is 3. The van der Waals surface area contributed by atoms with Crippen molar-refractivity contribution in [1.82, 2.24) is 15.5 Å². The zero-order valence-corrected chi connectivity index (χ0v) is 27.1. The summed E-state index contributed by atoms with van der Waals surface area (Å²) in [4.78, 5) is 43.3. The number of nitrogens with zero attached hydrogens (tertiary/aromatic N) is 1. The van der Waals surface area contributed by atoms with E-state index in [1.807, 2.05) is 60.7 Å². The third-order valence-electron chi connectivity index (χ3n) is 7.32. The average molecular weight is 610 g/mol. The van der Waals surface area contributed by atoms with Gasteiger partial charge in [-0.1, -0.05) is 111 Å². The molecule has 0 aromatic heterocycles. The van der Waals surface area contributed by atoms with Crippen LogP contribution in [0.15, 0.2) is 84.9 Å². The lowest BCUT2D eigenvalue weighted by molar-refractivity contribution is -0.142. The Balaban J connectivity index is 2.02. The number of hydrogen-bond donors (Lipinski definition) is 2. The molecule has 0 fully saturated rings. The van der Waals surface area contributed by atoms with Crippen LogP contribution in [0.3, 0.4) is 0 Å². The molecule has 7 heteroatoms. The quantitative estimate of drug-likeness (QED) is 0.144. The molecule has 0 saturated heterocycles. The highest BCUT2D eigenvalue weighted by Gasteiger charge is 2.36. The first-order valence-corrected chi connectivity index (χ1v) is 15.8. The van der Waals surface area contributed by atoms with Gasteiger partial charge in [-0.2, -0.15) is 0 Å². The Bertz CT molecular complexity index is 1390. The molecule has 2 N–H and O–H groups in total. The molecule has 2 atom stereocenters. The standard InChI is InChI=1S/C38H47N3O4/c1-6-8-9-10-17-26-41(36(43)33(27-30-18-13-11-14-19-30)40-37(44)45-38(3,4)5)34(32-24-22-29(7-2)23-25-32)35(42)39-28-31-20-15-12-16-21-31/h2,11-16,18-25,33-34H,6,8-10,17,26-28H2,1,3-5H3,(H,39,42)(H,40,44). The summed E-state index contributed by atoms with van der Waals surface area (Å²) < 4.78 is 5.55. The van der Waals surface area contributed by atoms with Gasteiger partial charge in [0.2, 0.25) is 11.8 Å². The van der Waals surface area contributed by atoms with E-state index in [2.05, 4.69) is 23.5 Å². The molecule has 2 unspecified atom stereocenters. The lowest BCUT2D eigenvalue weighted by Crippen LogP contribution is -2.54. The second kappa shape index (κ2) is 17.7. The normalized spacial score (nSPS) is 12.3. The number of alkyl carbamates (subject to hydrolysis) is 1. The molecule has 7 nitrogen and oxygen atoms in total. The topological polar surface area (TPSA) is 87.7 Å². The Morgan fingerprint density at radius 2 is 1.44 bits per heavy atom. The molecule has 45 heavy (non-hydrogen) atoms. The van der Waals surface area contributed by atoms with Crippen LogP contribution >= 0.6 is 0 Å². The molecule has 3 aromatic carbocycles. The van der Waals surface area contributed by atoms with Crippen LogP contribution in [0.2, 0.25) is 0 Å². The summed E-state index contributed by atoms with van der Waals surface area (Å²) in [5.41, 5.74) is 2.38. The van der Waals surface area contributed by atoms with Gasteiger partial charge in [-0.05, 0) is 56.0 Å². The summed E-state index contributed by atoms with van der Waals surface area (Å²) in [7, 11) is 0. The van der Waals surface area contributed by atoms with Gasteiger partial charge in [0.25, 0.3) is 0 Å². The minimum absolute atomic E-state index is 0.236. The summed E-state index contributed by atoms with van der Waals surface area (Å²) in [5.74, 6) is 1.94. The number of nitrogens with one attached hydrogen (secondary N) is 2. The summed E-state index contributed by atoms with van der Waals surface area (Å²) in [6.45, 7) is 8.12. The molecule has 0 spiro atoms. The number of amides is 3. The minimum Gasteiger partial charge on any atom is -0.444 e. The molecule has 0 radical (unpaired) electrons. The van der Waals surface area contributed by atoms with Crippen molar-refractivity contribution in [2.45, 2.75) is 90.4 Å². The van der Waals surface area contributed by atoms with Crippen molar-refractivity contribution in [3.63, 3.8) is 0 Å². The third kappa shape index (κ3) is 11.8. The van der Waals surface area contributed by atoms with Crippen molar-refractivity contribution >= 4 is 17.9 Å². The fourth-order valence-electron chi connectivity index (χ4n) is 5.07. The molecule has 0 aliphatic carbocycles. The first-order chi connectivity index (χ1) is 21.6. The highest BCUT2D eigenvalue weighted by atomic mass is 16.6. The van der Waals surface area contributed by atoms with E-state index in [4.69, 9.17) is 11.2 Å². The zero-order valence-electron chi connectivity index (χ0n) is 27.1. The largest absolute Gasteiger partial charge is 0.444 e. The van der Waals surface area contributed by atoms with Crippen LogP contribution < -0.4 is 10.6 Å². The Kier molecular flexibility index (Phi) is 13.7. The molecule has 3 rings (SSSR count). The zero-order chi connectivity index (χ0) is 32.7. The summed E-state index contributed by atoms with van der Waals surface area (Å²) in [6, 6.07) is 24.4. The van der Waals surface area contributed by atoms with Crippen LogP contribution in [0.4, 0.5) is 4.79 Å². The molecular weight excluding hydrogens is 562 g/mol. The Morgan fingerprint density at radius 3 is 2.02 bits per heavy atom. The molecule has 3 aromatic rings. The second-order valence-electron chi connectivity index (χ2n) is 12.2. The molecule has 0 saturated carbocycles. The molecule has 3 amide bonds. The fraction of sp³-hybridized carbons (Fsp3) is 0.395. The first kappa shape index (κ1) is 34.9. The van der Waals surface area contributed by atoms with Crippen molar-refractivity contribution in [2.75, 3.05) is 6.54 Å². The minimum atomic E-state index is -0.965. The smallest absolute Gasteiger partial charge is 0.408 e. The van der Waals surface area contributed by atoms with Gasteiger partial charge in [-0.3, -0.25) is 9.59 Å². The van der Waals surface area contributed by atoms with Gasteiger partial charge in [0.05, 0.1) is 0 Å². The molecule has 0 heterocycles. The highest BCUT2D eigenvalue weighted by molar-refractivity contribution is 5.92. The number of hydrogen-bond acceptors (Lipinski definition) is 4. The van der Waals surface area contributed by atoms with Crippen LogP contribution in [0.25, 0.3) is 0 Å². The second-order valence-corrected chi connectivity index (χ2v) is 12.2. The van der Waals surface area contributed by atoms with Crippen LogP contribution in [0.5, 0.6) is 0 Å². The Hall–Kier alpha value is -4.57. The number of ether oxygens (including phenoxy) is 1. The maximum atomic E-state index is 14.6. The average Bonchev–Trinajstić information content (AvgIpc) is 3.02. The van der Waals surface area contributed by atoms with E-state index in [-0.39, 0.29) is 18.2 Å². The SMILES string of the molecule is C#Cc1ccc(C(C(=O)NCc2ccccc2)N(CCCCCCC)C(=O)C(Cc2ccccc2)NC(=O)OC(C)(C)C)cc1. The van der Waals surface area contributed by atoms with Crippen LogP contribution in [0.1, 0.15) is 88.1 Å². The van der Waals surface area contributed by atoms with E-state index in [0.717, 1.165) is 36.8 Å². The van der Waals surface area contributed by atoms with Gasteiger partial charge in [-0.15, -0.1) is 6.42 Å². The van der Waals surface area contributed by atoms with E-state index in [1.54, 1.807) is 49.9 Å². The van der Waals surface area contributed by atoms with Gasteiger partial charge < -0.3 is 20.3 Å². The van der Waals surface area contributed by atoms with Crippen LogP contribution in [-0.4, -0.2) is 41.0 Å². The molecule has 0 aliphatic heterocycles. The number of rotatable bonds is 15. The molecule has 0 aliphatic rings. The third-order valence-corrected chi connectivity index (χ3v) is 7.32. The van der Waals surface area contributed by atoms with Crippen molar-refractivity contribution in [2.24, 2.45) is 0 Å². The van der Waals surface area contributed by atoms with Gasteiger partial charge in [0, 0.05) is 25.1 Å². The van der Waals surface area contributed by atoms with Crippen molar-refractivity contribution in [1.29, 1.82) is 0 Å². The lowest BCUT2D eigenvalue weighted by atomic mass is 9.98. The highest BCUT2D eigenvalue weighted by Crippen LogP contribution is 2.25. The Morgan fingerprint density at radius 1 is 0.844 bits per heavy atom.